The number of nitrogens with one attached hydrogen (secondary N) is 1. The molecule has 0 radical (unpaired) electrons. The first-order valence-electron chi connectivity index (χ1n) is 7.02. The largest absolute Gasteiger partial charge is 0.493 e. The van der Waals surface area contributed by atoms with Gasteiger partial charge >= 0.3 is 12.1 Å². The van der Waals surface area contributed by atoms with Gasteiger partial charge in [0, 0.05) is 6.54 Å². The van der Waals surface area contributed by atoms with Crippen LogP contribution in [0.15, 0.2) is 24.3 Å². The lowest BCUT2D eigenvalue weighted by molar-refractivity contribution is -0.167. The zero-order valence-electron chi connectivity index (χ0n) is 12.3. The molecule has 0 aromatic heterocycles. The van der Waals surface area contributed by atoms with Crippen LogP contribution >= 0.6 is 0 Å². The minimum absolute atomic E-state index is 0.152. The van der Waals surface area contributed by atoms with Crippen LogP contribution in [0.3, 0.4) is 0 Å². The molecule has 0 aliphatic heterocycles. The van der Waals surface area contributed by atoms with E-state index in [-0.39, 0.29) is 5.56 Å². The molecule has 0 unspecified atom stereocenters. The van der Waals surface area contributed by atoms with Gasteiger partial charge in [-0.15, -0.1) is 0 Å². The second-order valence-electron chi connectivity index (χ2n) is 5.37. The maximum atomic E-state index is 12.7. The van der Waals surface area contributed by atoms with Crippen LogP contribution in [0.5, 0.6) is 5.75 Å². The lowest BCUT2D eigenvalue weighted by atomic mass is 10.0. The van der Waals surface area contributed by atoms with Gasteiger partial charge in [-0.2, -0.15) is 13.2 Å². The first-order valence-corrected chi connectivity index (χ1v) is 7.02. The van der Waals surface area contributed by atoms with E-state index in [9.17, 15) is 22.8 Å². The summed E-state index contributed by atoms with van der Waals surface area (Å²) in [4.78, 5) is 23.3. The molecule has 1 aromatic rings. The zero-order valence-corrected chi connectivity index (χ0v) is 12.3. The highest BCUT2D eigenvalue weighted by atomic mass is 19.4. The molecule has 1 fully saturated rings. The Labute approximate surface area is 130 Å². The standard InChI is InChI=1S/C15H16F3NO4/c1-2-23-10-6-4-3-5-9(10)12(20)19-8-14(13(21)22)7-11(14)15(16,17)18/h3-6,11H,2,7-8H2,1H3,(H,19,20)(H,21,22)/t11-,14+/m0/s1. The number of hydrogen-bond acceptors (Lipinski definition) is 3. The zero-order chi connectivity index (χ0) is 17.3. The van der Waals surface area contributed by atoms with Crippen molar-refractivity contribution in [2.24, 2.45) is 11.3 Å². The lowest BCUT2D eigenvalue weighted by Crippen LogP contribution is -2.37. The van der Waals surface area contributed by atoms with Gasteiger partial charge in [-0.3, -0.25) is 9.59 Å². The number of amides is 1. The van der Waals surface area contributed by atoms with E-state index in [0.29, 0.717) is 12.4 Å². The van der Waals surface area contributed by atoms with E-state index < -0.39 is 42.4 Å². The summed E-state index contributed by atoms with van der Waals surface area (Å²) in [7, 11) is 0. The van der Waals surface area contributed by atoms with E-state index >= 15 is 0 Å². The quantitative estimate of drug-likeness (QED) is 0.840. The van der Waals surface area contributed by atoms with E-state index in [2.05, 4.69) is 5.32 Å². The summed E-state index contributed by atoms with van der Waals surface area (Å²) < 4.78 is 43.4. The van der Waals surface area contributed by atoms with Crippen LogP contribution in [0.2, 0.25) is 0 Å². The first kappa shape index (κ1) is 17.1. The number of carboxylic acid groups (broad SMARTS) is 1. The van der Waals surface area contributed by atoms with Gasteiger partial charge < -0.3 is 15.2 Å². The van der Waals surface area contributed by atoms with Crippen LogP contribution in [0, 0.1) is 11.3 Å². The molecule has 126 valence electrons. The summed E-state index contributed by atoms with van der Waals surface area (Å²) in [5.41, 5.74) is -1.83. The molecule has 0 heterocycles. The fraction of sp³-hybridized carbons (Fsp3) is 0.467. The summed E-state index contributed by atoms with van der Waals surface area (Å²) in [6, 6.07) is 6.25. The van der Waals surface area contributed by atoms with Gasteiger partial charge in [0.2, 0.25) is 0 Å². The molecule has 1 aliphatic rings. The molecule has 1 aliphatic carbocycles. The van der Waals surface area contributed by atoms with Gasteiger partial charge in [0.05, 0.1) is 23.5 Å². The Balaban J connectivity index is 2.09. The van der Waals surface area contributed by atoms with Gasteiger partial charge in [-0.25, -0.2) is 0 Å². The predicted molar refractivity (Wildman–Crippen MR) is 74.2 cm³/mol. The summed E-state index contributed by atoms with van der Waals surface area (Å²) in [6.07, 6.45) is -5.12. The van der Waals surface area contributed by atoms with Gasteiger partial charge in [0.15, 0.2) is 0 Å². The molecule has 23 heavy (non-hydrogen) atoms. The third kappa shape index (κ3) is 3.40. The molecular formula is C15H16F3NO4. The van der Waals surface area contributed by atoms with E-state index in [1.54, 1.807) is 25.1 Å². The third-order valence-electron chi connectivity index (χ3n) is 3.89. The van der Waals surface area contributed by atoms with Crippen LogP contribution in [-0.2, 0) is 4.79 Å². The van der Waals surface area contributed by atoms with Crippen molar-refractivity contribution in [3.63, 3.8) is 0 Å². The molecule has 1 amide bonds. The Morgan fingerprint density at radius 3 is 2.57 bits per heavy atom. The van der Waals surface area contributed by atoms with Crippen molar-refractivity contribution in [1.29, 1.82) is 0 Å². The van der Waals surface area contributed by atoms with Crippen LogP contribution < -0.4 is 10.1 Å². The minimum atomic E-state index is -4.59. The second-order valence-corrected chi connectivity index (χ2v) is 5.37. The van der Waals surface area contributed by atoms with E-state index in [4.69, 9.17) is 9.84 Å². The van der Waals surface area contributed by atoms with Gasteiger partial charge in [0.1, 0.15) is 5.75 Å². The lowest BCUT2D eigenvalue weighted by Gasteiger charge is -2.16. The molecule has 2 rings (SSSR count). The molecule has 0 bridgehead atoms. The van der Waals surface area contributed by atoms with E-state index in [0.717, 1.165) is 0 Å². The van der Waals surface area contributed by atoms with Crippen molar-refractivity contribution in [2.75, 3.05) is 13.2 Å². The molecule has 2 atom stereocenters. The fourth-order valence-corrected chi connectivity index (χ4v) is 2.51. The van der Waals surface area contributed by atoms with E-state index in [1.807, 2.05) is 0 Å². The van der Waals surface area contributed by atoms with Crippen LogP contribution in [0.4, 0.5) is 13.2 Å². The van der Waals surface area contributed by atoms with E-state index in [1.165, 1.54) is 6.07 Å². The van der Waals surface area contributed by atoms with Crippen molar-refractivity contribution in [3.8, 4) is 5.75 Å². The average molecular weight is 331 g/mol. The van der Waals surface area contributed by atoms with Gasteiger partial charge in [-0.1, -0.05) is 12.1 Å². The van der Waals surface area contributed by atoms with Crippen molar-refractivity contribution < 1.29 is 32.6 Å². The Morgan fingerprint density at radius 1 is 1.39 bits per heavy atom. The van der Waals surface area contributed by atoms with Crippen LogP contribution in [-0.4, -0.2) is 36.3 Å². The Morgan fingerprint density at radius 2 is 2.04 bits per heavy atom. The monoisotopic (exact) mass is 331 g/mol. The number of carbonyl (C=O) groups is 2. The van der Waals surface area contributed by atoms with Gasteiger partial charge in [-0.05, 0) is 25.5 Å². The number of ether oxygens (including phenoxy) is 1. The summed E-state index contributed by atoms with van der Waals surface area (Å²) >= 11 is 0. The highest BCUT2D eigenvalue weighted by Crippen LogP contribution is 2.60. The normalized spacial score (nSPS) is 23.2. The van der Waals surface area contributed by atoms with Crippen molar-refractivity contribution in [3.05, 3.63) is 29.8 Å². The molecule has 8 heteroatoms. The molecule has 0 saturated heterocycles. The Kier molecular flexibility index (Phi) is 4.53. The van der Waals surface area contributed by atoms with Crippen LogP contribution in [0.25, 0.3) is 0 Å². The average Bonchev–Trinajstić information content (AvgIpc) is 3.22. The predicted octanol–water partition coefficient (Wildman–Crippen LogP) is 2.47. The highest BCUT2D eigenvalue weighted by Gasteiger charge is 2.71. The second kappa shape index (κ2) is 6.10. The molecular weight excluding hydrogens is 315 g/mol. The first-order chi connectivity index (χ1) is 10.7. The number of aliphatic carboxylic acids is 1. The number of hydrogen-bond donors (Lipinski definition) is 2. The topological polar surface area (TPSA) is 75.6 Å². The molecule has 1 aromatic carbocycles. The smallest absolute Gasteiger partial charge is 0.393 e. The maximum Gasteiger partial charge on any atom is 0.393 e. The summed E-state index contributed by atoms with van der Waals surface area (Å²) in [5, 5.41) is 11.4. The summed E-state index contributed by atoms with van der Waals surface area (Å²) in [5.74, 6) is -3.87. The number of benzene rings is 1. The Hall–Kier alpha value is -2.25. The van der Waals surface area contributed by atoms with Crippen molar-refractivity contribution in [2.45, 2.75) is 19.5 Å². The number of para-hydroxylation sites is 1. The Bertz CT molecular complexity index is 617. The number of halogens is 3. The molecule has 1 saturated carbocycles. The molecule has 0 spiro atoms. The summed E-state index contributed by atoms with van der Waals surface area (Å²) in [6.45, 7) is 1.47. The maximum absolute atomic E-state index is 12.7. The number of carboxylic acids is 1. The minimum Gasteiger partial charge on any atom is -0.493 e. The number of carbonyl (C=O) groups excluding carboxylic acids is 1. The third-order valence-corrected chi connectivity index (χ3v) is 3.89. The highest BCUT2D eigenvalue weighted by molar-refractivity contribution is 5.97. The van der Waals surface area contributed by atoms with Crippen LogP contribution in [0.1, 0.15) is 23.7 Å². The van der Waals surface area contributed by atoms with Gasteiger partial charge in [0.25, 0.3) is 5.91 Å². The van der Waals surface area contributed by atoms with Crippen molar-refractivity contribution >= 4 is 11.9 Å². The fourth-order valence-electron chi connectivity index (χ4n) is 2.51. The SMILES string of the molecule is CCOc1ccccc1C(=O)NC[C@]1(C(=O)O)C[C@@H]1C(F)(F)F. The number of rotatable bonds is 6. The van der Waals surface area contributed by atoms with Crippen molar-refractivity contribution in [1.82, 2.24) is 5.32 Å². The molecule has 5 nitrogen and oxygen atoms in total. The molecule has 2 N–H and O–H groups in total. The number of alkyl halides is 3.